The van der Waals surface area contributed by atoms with Crippen LogP contribution in [0.3, 0.4) is 0 Å². The van der Waals surface area contributed by atoms with E-state index in [2.05, 4.69) is 0 Å². The van der Waals surface area contributed by atoms with Crippen molar-refractivity contribution in [2.75, 3.05) is 14.1 Å². The molecule has 2 rings (SSSR count). The highest BCUT2D eigenvalue weighted by atomic mass is 16.7. The van der Waals surface area contributed by atoms with Gasteiger partial charge < -0.3 is 14.4 Å². The summed E-state index contributed by atoms with van der Waals surface area (Å²) in [5.74, 6) is 0.237. The predicted molar refractivity (Wildman–Crippen MR) is 92.6 cm³/mol. The molecule has 0 fully saturated rings. The normalized spacial score (nSPS) is 10.1. The SMILES string of the molecule is CC(=O)Cc1ccc(OC(=O)OC[n+]2cccc(C(=O)N(C)C)c2)cc1. The average molecular weight is 357 g/mol. The van der Waals surface area contributed by atoms with Gasteiger partial charge in [0.2, 0.25) is 0 Å². The van der Waals surface area contributed by atoms with Crippen molar-refractivity contribution in [3.8, 4) is 5.75 Å². The van der Waals surface area contributed by atoms with Crippen LogP contribution in [0.15, 0.2) is 48.8 Å². The lowest BCUT2D eigenvalue weighted by Crippen LogP contribution is -2.37. The fourth-order valence-corrected chi connectivity index (χ4v) is 2.20. The minimum Gasteiger partial charge on any atom is -0.395 e. The molecule has 0 atom stereocenters. The first-order chi connectivity index (χ1) is 12.3. The molecule has 0 spiro atoms. The van der Waals surface area contributed by atoms with Gasteiger partial charge in [-0.25, -0.2) is 4.79 Å². The Morgan fingerprint density at radius 3 is 2.38 bits per heavy atom. The van der Waals surface area contributed by atoms with Gasteiger partial charge in [0.25, 0.3) is 12.6 Å². The highest BCUT2D eigenvalue weighted by molar-refractivity contribution is 5.93. The second-order valence-electron chi connectivity index (χ2n) is 5.95. The smallest absolute Gasteiger partial charge is 0.395 e. The molecule has 1 heterocycles. The summed E-state index contributed by atoms with van der Waals surface area (Å²) in [7, 11) is 3.32. The van der Waals surface area contributed by atoms with E-state index in [1.807, 2.05) is 0 Å². The summed E-state index contributed by atoms with van der Waals surface area (Å²) in [6.45, 7) is 1.43. The minimum atomic E-state index is -0.860. The van der Waals surface area contributed by atoms with Gasteiger partial charge in [0.05, 0.1) is 0 Å². The molecule has 7 heteroatoms. The Kier molecular flexibility index (Phi) is 6.43. The monoisotopic (exact) mass is 357 g/mol. The molecular formula is C19H21N2O5+. The van der Waals surface area contributed by atoms with Gasteiger partial charge >= 0.3 is 6.16 Å². The van der Waals surface area contributed by atoms with Crippen molar-refractivity contribution in [2.45, 2.75) is 20.1 Å². The van der Waals surface area contributed by atoms with E-state index in [1.165, 1.54) is 11.8 Å². The Balaban J connectivity index is 1.90. The van der Waals surface area contributed by atoms with Crippen LogP contribution >= 0.6 is 0 Å². The molecule has 0 unspecified atom stereocenters. The Morgan fingerprint density at radius 1 is 1.08 bits per heavy atom. The van der Waals surface area contributed by atoms with E-state index in [1.54, 1.807) is 67.5 Å². The molecule has 0 aliphatic rings. The van der Waals surface area contributed by atoms with Gasteiger partial charge in [-0.15, -0.1) is 0 Å². The Labute approximate surface area is 151 Å². The summed E-state index contributed by atoms with van der Waals surface area (Å²) >= 11 is 0. The van der Waals surface area contributed by atoms with Crippen molar-refractivity contribution in [1.29, 1.82) is 0 Å². The van der Waals surface area contributed by atoms with Crippen LogP contribution in [0, 0.1) is 0 Å². The molecule has 1 aromatic carbocycles. The second kappa shape index (κ2) is 8.75. The first-order valence-electron chi connectivity index (χ1n) is 7.99. The quantitative estimate of drug-likeness (QED) is 0.449. The molecule has 2 aromatic rings. The molecule has 26 heavy (non-hydrogen) atoms. The molecule has 0 radical (unpaired) electrons. The van der Waals surface area contributed by atoms with Crippen LogP contribution < -0.4 is 9.30 Å². The summed E-state index contributed by atoms with van der Waals surface area (Å²) in [6.07, 6.45) is 2.74. The molecule has 0 saturated carbocycles. The highest BCUT2D eigenvalue weighted by Crippen LogP contribution is 2.13. The largest absolute Gasteiger partial charge is 0.518 e. The number of carbonyl (C=O) groups is 3. The van der Waals surface area contributed by atoms with Gasteiger partial charge in [-0.3, -0.25) is 9.59 Å². The van der Waals surface area contributed by atoms with Gasteiger partial charge in [-0.2, -0.15) is 4.57 Å². The summed E-state index contributed by atoms with van der Waals surface area (Å²) < 4.78 is 11.7. The third-order valence-corrected chi connectivity index (χ3v) is 3.42. The maximum Gasteiger partial charge on any atom is 0.518 e. The maximum absolute atomic E-state index is 11.9. The zero-order valence-electron chi connectivity index (χ0n) is 15.0. The van der Waals surface area contributed by atoms with E-state index < -0.39 is 6.16 Å². The second-order valence-corrected chi connectivity index (χ2v) is 5.95. The van der Waals surface area contributed by atoms with Crippen molar-refractivity contribution < 1.29 is 28.4 Å². The lowest BCUT2D eigenvalue weighted by molar-refractivity contribution is -0.727. The number of ether oxygens (including phenoxy) is 2. The summed E-state index contributed by atoms with van der Waals surface area (Å²) in [6, 6.07) is 10.0. The van der Waals surface area contributed by atoms with Crippen LogP contribution in [0.4, 0.5) is 4.79 Å². The molecule has 1 amide bonds. The number of ketones is 1. The van der Waals surface area contributed by atoms with Gasteiger partial charge in [0, 0.05) is 26.6 Å². The zero-order chi connectivity index (χ0) is 19.1. The van der Waals surface area contributed by atoms with Crippen LogP contribution in [0.2, 0.25) is 0 Å². The first-order valence-corrected chi connectivity index (χ1v) is 7.99. The van der Waals surface area contributed by atoms with Crippen molar-refractivity contribution in [3.05, 3.63) is 59.9 Å². The van der Waals surface area contributed by atoms with E-state index in [9.17, 15) is 14.4 Å². The lowest BCUT2D eigenvalue weighted by Gasteiger charge is -2.09. The number of amides is 1. The van der Waals surface area contributed by atoms with Crippen molar-refractivity contribution in [3.63, 3.8) is 0 Å². The lowest BCUT2D eigenvalue weighted by atomic mass is 10.1. The number of pyridine rings is 1. The molecule has 0 saturated heterocycles. The number of hydrogen-bond donors (Lipinski definition) is 0. The summed E-state index contributed by atoms with van der Waals surface area (Å²) in [5.41, 5.74) is 1.33. The van der Waals surface area contributed by atoms with Crippen molar-refractivity contribution in [1.82, 2.24) is 4.90 Å². The molecule has 0 bridgehead atoms. The number of hydrogen-bond acceptors (Lipinski definition) is 5. The third kappa shape index (κ3) is 5.70. The van der Waals surface area contributed by atoms with Crippen molar-refractivity contribution >= 4 is 17.8 Å². The van der Waals surface area contributed by atoms with E-state index in [4.69, 9.17) is 9.47 Å². The van der Waals surface area contributed by atoms with E-state index in [0.717, 1.165) is 5.56 Å². The van der Waals surface area contributed by atoms with Crippen LogP contribution in [0.1, 0.15) is 22.8 Å². The van der Waals surface area contributed by atoms with E-state index in [0.29, 0.717) is 17.7 Å². The van der Waals surface area contributed by atoms with Crippen LogP contribution in [-0.2, 0) is 22.7 Å². The number of rotatable bonds is 6. The zero-order valence-corrected chi connectivity index (χ0v) is 15.0. The average Bonchev–Trinajstić information content (AvgIpc) is 2.60. The number of carbonyl (C=O) groups excluding carboxylic acids is 3. The number of Topliss-reactive ketones (excluding diaryl/α,β-unsaturated/α-hetero) is 1. The third-order valence-electron chi connectivity index (χ3n) is 3.42. The molecule has 136 valence electrons. The fourth-order valence-electron chi connectivity index (χ4n) is 2.20. The number of aromatic nitrogens is 1. The van der Waals surface area contributed by atoms with Gasteiger partial charge in [0.15, 0.2) is 12.4 Å². The Hall–Kier alpha value is -3.22. The van der Waals surface area contributed by atoms with Crippen LogP contribution in [0.5, 0.6) is 5.75 Å². The molecule has 1 aromatic heterocycles. The molecule has 7 nitrogen and oxygen atoms in total. The highest BCUT2D eigenvalue weighted by Gasteiger charge is 2.14. The molecule has 0 aliphatic heterocycles. The molecule has 0 aliphatic carbocycles. The first kappa shape index (κ1) is 19.1. The summed E-state index contributed by atoms with van der Waals surface area (Å²) in [4.78, 5) is 36.2. The molecule has 0 N–H and O–H groups in total. The topological polar surface area (TPSA) is 76.8 Å². The Bertz CT molecular complexity index is 800. The van der Waals surface area contributed by atoms with E-state index >= 15 is 0 Å². The van der Waals surface area contributed by atoms with Gasteiger partial charge in [-0.05, 0) is 30.7 Å². The minimum absolute atomic E-state index is 0.0603. The summed E-state index contributed by atoms with van der Waals surface area (Å²) in [5, 5.41) is 0. The number of nitrogens with zero attached hydrogens (tertiary/aromatic N) is 2. The van der Waals surface area contributed by atoms with E-state index in [-0.39, 0.29) is 18.4 Å². The van der Waals surface area contributed by atoms with Crippen LogP contribution in [0.25, 0.3) is 0 Å². The maximum atomic E-state index is 11.9. The number of benzene rings is 1. The van der Waals surface area contributed by atoms with Crippen molar-refractivity contribution in [2.24, 2.45) is 0 Å². The van der Waals surface area contributed by atoms with Crippen LogP contribution in [-0.4, -0.2) is 36.8 Å². The Morgan fingerprint density at radius 2 is 1.77 bits per heavy atom. The molecular weight excluding hydrogens is 336 g/mol. The predicted octanol–water partition coefficient (Wildman–Crippen LogP) is 1.98. The van der Waals surface area contributed by atoms with Gasteiger partial charge in [-0.1, -0.05) is 12.1 Å². The standard InChI is InChI=1S/C19H21N2O5/c1-14(22)11-15-6-8-17(9-7-15)26-19(24)25-13-21-10-4-5-16(12-21)18(23)20(2)3/h4-10,12H,11,13H2,1-3H3/q+1. The fraction of sp³-hybridized carbons (Fsp3) is 0.263. The van der Waals surface area contributed by atoms with Gasteiger partial charge in [0.1, 0.15) is 17.1 Å².